The summed E-state index contributed by atoms with van der Waals surface area (Å²) >= 11 is 2.94. The number of carbonyl (C=O) groups is 1. The van der Waals surface area contributed by atoms with Gasteiger partial charge in [0, 0.05) is 19.0 Å². The number of benzene rings is 1. The van der Waals surface area contributed by atoms with E-state index in [9.17, 15) is 9.59 Å². The van der Waals surface area contributed by atoms with Gasteiger partial charge in [-0.3, -0.25) is 14.2 Å². The SMILES string of the molecule is COc1ccc(-n2c(SCC(=O)N(C)C)nc3sc4c(c3c2=O)CCCCC4)cc1. The van der Waals surface area contributed by atoms with E-state index in [1.165, 1.54) is 28.6 Å². The minimum Gasteiger partial charge on any atom is -0.497 e. The number of thiophene rings is 1. The molecule has 3 aromatic rings. The van der Waals surface area contributed by atoms with Gasteiger partial charge in [0.2, 0.25) is 5.91 Å². The van der Waals surface area contributed by atoms with Crippen LogP contribution >= 0.6 is 23.1 Å². The Bertz CT molecular complexity index is 1130. The van der Waals surface area contributed by atoms with E-state index in [0.717, 1.165) is 47.3 Å². The van der Waals surface area contributed by atoms with E-state index in [4.69, 9.17) is 9.72 Å². The zero-order valence-electron chi connectivity index (χ0n) is 17.4. The number of aromatic nitrogens is 2. The van der Waals surface area contributed by atoms with E-state index in [-0.39, 0.29) is 17.2 Å². The van der Waals surface area contributed by atoms with Crippen molar-refractivity contribution in [3.05, 3.63) is 45.1 Å². The number of nitrogens with zero attached hydrogens (tertiary/aromatic N) is 3. The molecule has 0 saturated heterocycles. The highest BCUT2D eigenvalue weighted by atomic mass is 32.2. The second-order valence-electron chi connectivity index (χ2n) is 7.55. The molecule has 0 radical (unpaired) electrons. The van der Waals surface area contributed by atoms with Gasteiger partial charge in [0.25, 0.3) is 5.56 Å². The third-order valence-corrected chi connectivity index (χ3v) is 7.47. The summed E-state index contributed by atoms with van der Waals surface area (Å²) in [4.78, 5) is 34.4. The van der Waals surface area contributed by atoms with E-state index in [2.05, 4.69) is 0 Å². The molecule has 0 N–H and O–H groups in total. The first-order chi connectivity index (χ1) is 14.5. The summed E-state index contributed by atoms with van der Waals surface area (Å²) in [6.07, 6.45) is 5.41. The highest BCUT2D eigenvalue weighted by molar-refractivity contribution is 7.99. The average Bonchev–Trinajstić information content (AvgIpc) is 2.93. The van der Waals surface area contributed by atoms with Crippen molar-refractivity contribution in [2.24, 2.45) is 0 Å². The normalized spacial score (nSPS) is 13.7. The van der Waals surface area contributed by atoms with Gasteiger partial charge in [-0.05, 0) is 55.5 Å². The minimum absolute atomic E-state index is 0.0161. The first kappa shape index (κ1) is 20.9. The van der Waals surface area contributed by atoms with Crippen LogP contribution in [0.4, 0.5) is 0 Å². The van der Waals surface area contributed by atoms with Crippen molar-refractivity contribution in [3.8, 4) is 11.4 Å². The first-order valence-electron chi connectivity index (χ1n) is 10.0. The number of ether oxygens (including phenoxy) is 1. The predicted molar refractivity (Wildman–Crippen MR) is 122 cm³/mol. The molecule has 1 amide bonds. The molecule has 0 fully saturated rings. The third kappa shape index (κ3) is 3.98. The number of methoxy groups -OCH3 is 1. The summed E-state index contributed by atoms with van der Waals surface area (Å²) in [7, 11) is 5.07. The van der Waals surface area contributed by atoms with Crippen molar-refractivity contribution >= 4 is 39.2 Å². The zero-order chi connectivity index (χ0) is 21.3. The van der Waals surface area contributed by atoms with Crippen LogP contribution in [0.5, 0.6) is 5.75 Å². The summed E-state index contributed by atoms with van der Waals surface area (Å²) in [5, 5.41) is 1.29. The predicted octanol–water partition coefficient (Wildman–Crippen LogP) is 3.91. The van der Waals surface area contributed by atoms with Crippen LogP contribution in [0.2, 0.25) is 0 Å². The Balaban J connectivity index is 1.88. The van der Waals surface area contributed by atoms with Crippen LogP contribution in [0.3, 0.4) is 0 Å². The molecule has 2 heterocycles. The topological polar surface area (TPSA) is 64.4 Å². The monoisotopic (exact) mass is 443 g/mol. The van der Waals surface area contributed by atoms with E-state index in [1.54, 1.807) is 42.0 Å². The van der Waals surface area contributed by atoms with Crippen molar-refractivity contribution in [2.75, 3.05) is 27.0 Å². The van der Waals surface area contributed by atoms with E-state index in [0.29, 0.717) is 5.16 Å². The van der Waals surface area contributed by atoms with Gasteiger partial charge in [-0.2, -0.15) is 0 Å². The van der Waals surface area contributed by atoms with Gasteiger partial charge in [0.15, 0.2) is 5.16 Å². The van der Waals surface area contributed by atoms with Gasteiger partial charge in [0.1, 0.15) is 10.6 Å². The van der Waals surface area contributed by atoms with Crippen molar-refractivity contribution in [1.29, 1.82) is 0 Å². The molecular weight excluding hydrogens is 418 g/mol. The fourth-order valence-corrected chi connectivity index (χ4v) is 5.97. The maximum atomic E-state index is 13.7. The van der Waals surface area contributed by atoms with E-state index in [1.807, 2.05) is 24.3 Å². The van der Waals surface area contributed by atoms with Crippen LogP contribution in [-0.2, 0) is 17.6 Å². The smallest absolute Gasteiger partial charge is 0.267 e. The molecule has 0 saturated carbocycles. The summed E-state index contributed by atoms with van der Waals surface area (Å²) < 4.78 is 6.91. The fourth-order valence-electron chi connectivity index (χ4n) is 3.67. The maximum Gasteiger partial charge on any atom is 0.267 e. The number of fused-ring (bicyclic) bond motifs is 3. The standard InChI is InChI=1S/C22H25N3O3S2/c1-24(2)18(26)13-29-22-23-20-19(16-7-5-4-6-8-17(16)30-20)21(27)25(22)14-9-11-15(28-3)12-10-14/h9-12H,4-8,13H2,1-3H3. The van der Waals surface area contributed by atoms with Crippen LogP contribution in [0.1, 0.15) is 29.7 Å². The molecule has 158 valence electrons. The maximum absolute atomic E-state index is 13.7. The number of hydrogen-bond acceptors (Lipinski definition) is 6. The summed E-state index contributed by atoms with van der Waals surface area (Å²) in [6.45, 7) is 0. The van der Waals surface area contributed by atoms with Crippen molar-refractivity contribution in [3.63, 3.8) is 0 Å². The zero-order valence-corrected chi connectivity index (χ0v) is 19.1. The molecule has 8 heteroatoms. The number of thioether (sulfide) groups is 1. The van der Waals surface area contributed by atoms with Crippen molar-refractivity contribution in [1.82, 2.24) is 14.5 Å². The van der Waals surface area contributed by atoms with Crippen LogP contribution < -0.4 is 10.3 Å². The van der Waals surface area contributed by atoms with Gasteiger partial charge in [-0.1, -0.05) is 18.2 Å². The number of amides is 1. The van der Waals surface area contributed by atoms with Gasteiger partial charge in [-0.15, -0.1) is 11.3 Å². The molecule has 0 aliphatic heterocycles. The number of aryl methyl sites for hydroxylation is 2. The van der Waals surface area contributed by atoms with Crippen LogP contribution in [0.15, 0.2) is 34.2 Å². The summed E-state index contributed by atoms with van der Waals surface area (Å²) in [5.74, 6) is 0.937. The number of carbonyl (C=O) groups excluding carboxylic acids is 1. The summed E-state index contributed by atoms with van der Waals surface area (Å²) in [5.41, 5.74) is 1.85. The van der Waals surface area contributed by atoms with Gasteiger partial charge < -0.3 is 9.64 Å². The van der Waals surface area contributed by atoms with Crippen molar-refractivity contribution in [2.45, 2.75) is 37.3 Å². The second kappa shape index (κ2) is 8.81. The van der Waals surface area contributed by atoms with Gasteiger partial charge in [-0.25, -0.2) is 4.98 Å². The average molecular weight is 444 g/mol. The summed E-state index contributed by atoms with van der Waals surface area (Å²) in [6, 6.07) is 7.38. The second-order valence-corrected chi connectivity index (χ2v) is 9.58. The molecule has 0 bridgehead atoms. The molecule has 6 nitrogen and oxygen atoms in total. The Kier molecular flexibility index (Phi) is 6.15. The van der Waals surface area contributed by atoms with E-state index >= 15 is 0 Å². The van der Waals surface area contributed by atoms with Crippen LogP contribution in [0, 0.1) is 0 Å². The Morgan fingerprint density at radius 1 is 1.20 bits per heavy atom. The molecule has 0 spiro atoms. The highest BCUT2D eigenvalue weighted by Gasteiger charge is 2.22. The molecule has 1 aromatic carbocycles. The Morgan fingerprint density at radius 3 is 2.63 bits per heavy atom. The molecule has 4 rings (SSSR count). The number of rotatable bonds is 5. The molecule has 1 aliphatic carbocycles. The molecule has 0 unspecified atom stereocenters. The van der Waals surface area contributed by atoms with Crippen LogP contribution in [-0.4, -0.2) is 47.3 Å². The molecular formula is C22H25N3O3S2. The molecule has 2 aromatic heterocycles. The van der Waals surface area contributed by atoms with E-state index < -0.39 is 0 Å². The minimum atomic E-state index is -0.0515. The lowest BCUT2D eigenvalue weighted by Crippen LogP contribution is -2.25. The van der Waals surface area contributed by atoms with Gasteiger partial charge in [0.05, 0.1) is 23.9 Å². The highest BCUT2D eigenvalue weighted by Crippen LogP contribution is 2.34. The Hall–Kier alpha value is -2.32. The Labute approximate surface area is 183 Å². The van der Waals surface area contributed by atoms with Gasteiger partial charge >= 0.3 is 0 Å². The largest absolute Gasteiger partial charge is 0.497 e. The Morgan fingerprint density at radius 2 is 1.93 bits per heavy atom. The quantitative estimate of drug-likeness (QED) is 0.340. The first-order valence-corrected chi connectivity index (χ1v) is 11.8. The number of hydrogen-bond donors (Lipinski definition) is 0. The lowest BCUT2D eigenvalue weighted by molar-refractivity contribution is -0.125. The van der Waals surface area contributed by atoms with Crippen molar-refractivity contribution < 1.29 is 9.53 Å². The third-order valence-electron chi connectivity index (χ3n) is 5.36. The van der Waals surface area contributed by atoms with Crippen LogP contribution in [0.25, 0.3) is 15.9 Å². The fraction of sp³-hybridized carbons (Fsp3) is 0.409. The molecule has 30 heavy (non-hydrogen) atoms. The molecule has 0 atom stereocenters. The molecule has 1 aliphatic rings. The lowest BCUT2D eigenvalue weighted by Gasteiger charge is -2.14. The lowest BCUT2D eigenvalue weighted by atomic mass is 10.1.